The van der Waals surface area contributed by atoms with Crippen molar-refractivity contribution in [1.82, 2.24) is 9.34 Å². The Balaban J connectivity index is 1.93. The maximum absolute atomic E-state index is 7.32. The van der Waals surface area contributed by atoms with Crippen LogP contribution in [0, 0.1) is 0 Å². The molecule has 0 N–H and O–H groups in total. The van der Waals surface area contributed by atoms with E-state index in [0.717, 1.165) is 13.1 Å². The second-order valence-electron chi connectivity index (χ2n) is 7.24. The summed E-state index contributed by atoms with van der Waals surface area (Å²) in [5.41, 5.74) is 0. The minimum absolute atomic E-state index is 0.825. The van der Waals surface area contributed by atoms with Crippen LogP contribution in [0.3, 0.4) is 0 Å². The van der Waals surface area contributed by atoms with Crippen molar-refractivity contribution in [2.75, 3.05) is 27.2 Å². The van der Waals surface area contributed by atoms with Gasteiger partial charge in [0.05, 0.1) is 0 Å². The summed E-state index contributed by atoms with van der Waals surface area (Å²) in [7, 11) is 0.918. The topological polar surface area (TPSA) is 15.7 Å². The SMILES string of the molecule is CN1CCCN(C)P1O[Si](c1ccccc1)(c1ccccc1)c1ccccc1. The zero-order valence-electron chi connectivity index (χ0n) is 16.5. The molecule has 1 heterocycles. The van der Waals surface area contributed by atoms with E-state index in [1.807, 2.05) is 0 Å². The molecule has 4 rings (SSSR count). The molecule has 0 amide bonds. The lowest BCUT2D eigenvalue weighted by molar-refractivity contribution is 0.334. The third-order valence-corrected chi connectivity index (χ3v) is 12.1. The first-order valence-electron chi connectivity index (χ1n) is 9.80. The van der Waals surface area contributed by atoms with E-state index in [1.54, 1.807) is 0 Å². The molecule has 0 unspecified atom stereocenters. The van der Waals surface area contributed by atoms with Gasteiger partial charge in [0, 0.05) is 13.1 Å². The second-order valence-corrected chi connectivity index (χ2v) is 12.9. The van der Waals surface area contributed by atoms with Gasteiger partial charge in [0.1, 0.15) is 0 Å². The molecule has 0 spiro atoms. The summed E-state index contributed by atoms with van der Waals surface area (Å²) >= 11 is 0. The molecule has 3 nitrogen and oxygen atoms in total. The smallest absolute Gasteiger partial charge is 0.295 e. The molecule has 28 heavy (non-hydrogen) atoms. The molecule has 0 bridgehead atoms. The average Bonchev–Trinajstić information content (AvgIpc) is 2.76. The van der Waals surface area contributed by atoms with Gasteiger partial charge in [-0.2, -0.15) is 0 Å². The Labute approximate surface area is 170 Å². The minimum atomic E-state index is -2.65. The van der Waals surface area contributed by atoms with Gasteiger partial charge in [-0.15, -0.1) is 0 Å². The van der Waals surface area contributed by atoms with Gasteiger partial charge in [-0.25, -0.2) is 0 Å². The Kier molecular flexibility index (Phi) is 6.05. The minimum Gasteiger partial charge on any atom is -0.358 e. The maximum Gasteiger partial charge on any atom is 0.295 e. The van der Waals surface area contributed by atoms with E-state index in [0.29, 0.717) is 0 Å². The number of nitrogens with zero attached hydrogens (tertiary/aromatic N) is 2. The summed E-state index contributed by atoms with van der Waals surface area (Å²) in [6.07, 6.45) is 1.19. The van der Waals surface area contributed by atoms with E-state index in [4.69, 9.17) is 4.21 Å². The molecular weight excluding hydrogens is 379 g/mol. The van der Waals surface area contributed by atoms with Gasteiger partial charge in [-0.05, 0) is 36.1 Å². The lowest BCUT2D eigenvalue weighted by atomic mass is 10.3. The lowest BCUT2D eigenvalue weighted by Crippen LogP contribution is -2.69. The van der Waals surface area contributed by atoms with Crippen LogP contribution in [0.4, 0.5) is 0 Å². The molecule has 1 saturated heterocycles. The zero-order valence-corrected chi connectivity index (χ0v) is 18.4. The fraction of sp³-hybridized carbons (Fsp3) is 0.217. The van der Waals surface area contributed by atoms with Crippen LogP contribution < -0.4 is 15.6 Å². The second kappa shape index (κ2) is 8.69. The van der Waals surface area contributed by atoms with Gasteiger partial charge in [-0.3, -0.25) is 9.34 Å². The van der Waals surface area contributed by atoms with Crippen LogP contribution in [-0.4, -0.2) is 44.8 Å². The van der Waals surface area contributed by atoms with Crippen LogP contribution >= 0.6 is 8.45 Å². The summed E-state index contributed by atoms with van der Waals surface area (Å²) in [5, 5.41) is 3.88. The van der Waals surface area contributed by atoms with Crippen LogP contribution in [0.5, 0.6) is 0 Å². The molecule has 0 aromatic heterocycles. The average molecular weight is 407 g/mol. The van der Waals surface area contributed by atoms with Crippen molar-refractivity contribution in [3.8, 4) is 0 Å². The Morgan fingerprint density at radius 1 is 0.643 bits per heavy atom. The molecule has 0 atom stereocenters. The van der Waals surface area contributed by atoms with E-state index in [9.17, 15) is 0 Å². The summed E-state index contributed by atoms with van der Waals surface area (Å²) in [5.74, 6) is 0. The van der Waals surface area contributed by atoms with Crippen molar-refractivity contribution in [2.24, 2.45) is 0 Å². The number of hydrogen-bond acceptors (Lipinski definition) is 3. The van der Waals surface area contributed by atoms with E-state index in [2.05, 4.69) is 114 Å². The van der Waals surface area contributed by atoms with Crippen LogP contribution in [0.15, 0.2) is 91.0 Å². The largest absolute Gasteiger partial charge is 0.358 e. The summed E-state index contributed by atoms with van der Waals surface area (Å²) in [4.78, 5) is 0. The predicted octanol–water partition coefficient (Wildman–Crippen LogP) is 3.16. The molecule has 5 heteroatoms. The van der Waals surface area contributed by atoms with E-state index in [1.165, 1.54) is 22.0 Å². The van der Waals surface area contributed by atoms with Gasteiger partial charge in [-0.1, -0.05) is 91.0 Å². The zero-order chi connectivity index (χ0) is 19.4. The predicted molar refractivity (Wildman–Crippen MR) is 122 cm³/mol. The Morgan fingerprint density at radius 3 is 1.36 bits per heavy atom. The molecule has 3 aromatic carbocycles. The molecule has 0 saturated carbocycles. The summed E-state index contributed by atoms with van der Waals surface area (Å²) < 4.78 is 12.1. The lowest BCUT2D eigenvalue weighted by Gasteiger charge is -2.44. The Hall–Kier alpha value is -1.81. The number of rotatable bonds is 5. The van der Waals surface area contributed by atoms with Gasteiger partial charge < -0.3 is 4.21 Å². The highest BCUT2D eigenvalue weighted by Crippen LogP contribution is 2.48. The van der Waals surface area contributed by atoms with Crippen molar-refractivity contribution < 1.29 is 4.21 Å². The van der Waals surface area contributed by atoms with Gasteiger partial charge >= 0.3 is 0 Å². The third-order valence-electron chi connectivity index (χ3n) is 5.31. The molecular formula is C23H27N2OPSi. The number of benzene rings is 3. The Morgan fingerprint density at radius 2 is 1.00 bits per heavy atom. The van der Waals surface area contributed by atoms with Crippen molar-refractivity contribution in [2.45, 2.75) is 6.42 Å². The van der Waals surface area contributed by atoms with Crippen molar-refractivity contribution in [3.63, 3.8) is 0 Å². The van der Waals surface area contributed by atoms with Gasteiger partial charge in [0.25, 0.3) is 8.32 Å². The fourth-order valence-corrected chi connectivity index (χ4v) is 11.4. The van der Waals surface area contributed by atoms with Crippen molar-refractivity contribution in [1.29, 1.82) is 0 Å². The number of hydrogen-bond donors (Lipinski definition) is 0. The maximum atomic E-state index is 7.32. The van der Waals surface area contributed by atoms with E-state index in [-0.39, 0.29) is 0 Å². The first-order valence-corrected chi connectivity index (χ1v) is 12.9. The van der Waals surface area contributed by atoms with Crippen molar-refractivity contribution >= 4 is 32.3 Å². The quantitative estimate of drug-likeness (QED) is 0.368. The summed E-state index contributed by atoms with van der Waals surface area (Å²) in [6, 6.07) is 32.5. The molecule has 144 valence electrons. The molecule has 0 aliphatic carbocycles. The van der Waals surface area contributed by atoms with Gasteiger partial charge in [0.15, 0.2) is 8.45 Å². The molecule has 0 radical (unpaired) electrons. The van der Waals surface area contributed by atoms with Gasteiger partial charge in [0.2, 0.25) is 0 Å². The molecule has 3 aromatic rings. The molecule has 1 aliphatic rings. The Bertz CT molecular complexity index is 772. The fourth-order valence-electron chi connectivity index (χ4n) is 3.90. The van der Waals surface area contributed by atoms with Crippen LogP contribution in [0.1, 0.15) is 6.42 Å². The van der Waals surface area contributed by atoms with E-state index >= 15 is 0 Å². The van der Waals surface area contributed by atoms with Crippen LogP contribution in [0.2, 0.25) is 0 Å². The highest BCUT2D eigenvalue weighted by Gasteiger charge is 2.46. The molecule has 1 fully saturated rings. The van der Waals surface area contributed by atoms with E-state index < -0.39 is 16.8 Å². The third kappa shape index (κ3) is 3.71. The normalized spacial score (nSPS) is 16.9. The first kappa shape index (κ1) is 19.5. The van der Waals surface area contributed by atoms with Crippen molar-refractivity contribution in [3.05, 3.63) is 91.0 Å². The summed E-state index contributed by atoms with van der Waals surface area (Å²) in [6.45, 7) is 2.16. The monoisotopic (exact) mass is 406 g/mol. The highest BCUT2D eigenvalue weighted by atomic mass is 31.2. The highest BCUT2D eigenvalue weighted by molar-refractivity contribution is 7.50. The van der Waals surface area contributed by atoms with Crippen LogP contribution in [0.25, 0.3) is 0 Å². The first-order chi connectivity index (χ1) is 13.7. The van der Waals surface area contributed by atoms with Crippen LogP contribution in [-0.2, 0) is 4.21 Å². The standard InChI is InChI=1S/C23H27N2OPSi/c1-24-19-12-20-25(2)27(24)26-28(21-13-6-3-7-14-21,22-15-8-4-9-16-22)23-17-10-5-11-18-23/h3-11,13-18H,12,19-20H2,1-2H3. The molecule has 1 aliphatic heterocycles.